The summed E-state index contributed by atoms with van der Waals surface area (Å²) in [6.45, 7) is 0.675. The lowest BCUT2D eigenvalue weighted by Gasteiger charge is -2.25. The molecule has 1 atom stereocenters. The maximum Gasteiger partial charge on any atom is 0.151 e. The summed E-state index contributed by atoms with van der Waals surface area (Å²) in [5.74, 6) is 0.388. The van der Waals surface area contributed by atoms with E-state index in [1.165, 1.54) is 44.8 Å². The third kappa shape index (κ3) is 4.25. The molecule has 2 aliphatic rings. The van der Waals surface area contributed by atoms with E-state index in [9.17, 15) is 8.42 Å². The molecule has 3 nitrogen and oxygen atoms in total. The van der Waals surface area contributed by atoms with Gasteiger partial charge < -0.3 is 5.32 Å². The van der Waals surface area contributed by atoms with Crippen molar-refractivity contribution in [1.29, 1.82) is 0 Å². The van der Waals surface area contributed by atoms with Crippen LogP contribution >= 0.6 is 0 Å². The highest BCUT2D eigenvalue weighted by Gasteiger charge is 2.32. The Bertz CT molecular complexity index is 327. The Morgan fingerprint density at radius 3 is 2.12 bits per heavy atom. The Hall–Kier alpha value is -0.0900. The Balaban J connectivity index is 1.96. The summed E-state index contributed by atoms with van der Waals surface area (Å²) < 4.78 is 23.9. The summed E-state index contributed by atoms with van der Waals surface area (Å²) in [5, 5.41) is 3.25. The van der Waals surface area contributed by atoms with Gasteiger partial charge in [0.15, 0.2) is 9.84 Å². The lowest BCUT2D eigenvalue weighted by molar-refractivity contribution is 0.409. The summed E-state index contributed by atoms with van der Waals surface area (Å²) >= 11 is 0. The molecule has 0 heterocycles. The molecule has 1 unspecified atom stereocenters. The van der Waals surface area contributed by atoms with E-state index in [-0.39, 0.29) is 5.25 Å². The van der Waals surface area contributed by atoms with E-state index < -0.39 is 9.84 Å². The third-order valence-electron chi connectivity index (χ3n) is 4.16. The zero-order valence-corrected chi connectivity index (χ0v) is 11.6. The van der Waals surface area contributed by atoms with Crippen LogP contribution in [0.3, 0.4) is 0 Å². The van der Waals surface area contributed by atoms with Gasteiger partial charge in [-0.2, -0.15) is 0 Å². The molecule has 0 aliphatic heterocycles. The molecule has 0 aromatic rings. The van der Waals surface area contributed by atoms with Crippen LogP contribution in [0.15, 0.2) is 0 Å². The molecule has 4 heteroatoms. The SMILES string of the molecule is CS(=O)(=O)C(CNC1CC1)C1CCCCCC1. The molecule has 1 N–H and O–H groups in total. The summed E-state index contributed by atoms with van der Waals surface area (Å²) in [5.41, 5.74) is 0. The van der Waals surface area contributed by atoms with Gasteiger partial charge in [-0.1, -0.05) is 25.7 Å². The monoisotopic (exact) mass is 259 g/mol. The van der Waals surface area contributed by atoms with Gasteiger partial charge in [0, 0.05) is 18.8 Å². The first-order chi connectivity index (χ1) is 8.07. The largest absolute Gasteiger partial charge is 0.313 e. The zero-order chi connectivity index (χ0) is 12.3. The fourth-order valence-corrected chi connectivity index (χ4v) is 4.29. The van der Waals surface area contributed by atoms with Crippen molar-refractivity contribution in [2.75, 3.05) is 12.8 Å². The minimum absolute atomic E-state index is 0.152. The van der Waals surface area contributed by atoms with E-state index in [1.54, 1.807) is 0 Å². The van der Waals surface area contributed by atoms with Crippen molar-refractivity contribution in [2.45, 2.75) is 62.7 Å². The predicted octanol–water partition coefficient (Wildman–Crippen LogP) is 2.12. The maximum absolute atomic E-state index is 11.9. The Morgan fingerprint density at radius 1 is 1.06 bits per heavy atom. The fraction of sp³-hybridized carbons (Fsp3) is 1.00. The van der Waals surface area contributed by atoms with Crippen molar-refractivity contribution in [1.82, 2.24) is 5.32 Å². The molecule has 2 fully saturated rings. The van der Waals surface area contributed by atoms with Gasteiger partial charge in [0.25, 0.3) is 0 Å². The first kappa shape index (κ1) is 13.3. The van der Waals surface area contributed by atoms with Crippen molar-refractivity contribution < 1.29 is 8.42 Å². The van der Waals surface area contributed by atoms with E-state index in [1.807, 2.05) is 0 Å². The lowest BCUT2D eigenvalue weighted by Crippen LogP contribution is -2.39. The highest BCUT2D eigenvalue weighted by Crippen LogP contribution is 2.29. The predicted molar refractivity (Wildman–Crippen MR) is 70.8 cm³/mol. The van der Waals surface area contributed by atoms with E-state index in [2.05, 4.69) is 5.32 Å². The van der Waals surface area contributed by atoms with E-state index in [0.717, 1.165) is 12.8 Å². The molecular formula is C13H25NO2S. The Kier molecular flexibility index (Phi) is 4.47. The van der Waals surface area contributed by atoms with Crippen molar-refractivity contribution in [3.63, 3.8) is 0 Å². The number of rotatable bonds is 5. The zero-order valence-electron chi connectivity index (χ0n) is 10.8. The molecule has 2 aliphatic carbocycles. The summed E-state index contributed by atoms with van der Waals surface area (Å²) in [7, 11) is -2.91. The maximum atomic E-state index is 11.9. The molecular weight excluding hydrogens is 234 g/mol. The normalized spacial score (nSPS) is 25.5. The standard InChI is InChI=1S/C13H25NO2S/c1-17(15,16)13(10-14-12-8-9-12)11-6-4-2-3-5-7-11/h11-14H,2-10H2,1H3. The van der Waals surface area contributed by atoms with Gasteiger partial charge in [0.1, 0.15) is 0 Å². The van der Waals surface area contributed by atoms with Gasteiger partial charge in [0.05, 0.1) is 5.25 Å². The van der Waals surface area contributed by atoms with Gasteiger partial charge >= 0.3 is 0 Å². The quantitative estimate of drug-likeness (QED) is 0.769. The first-order valence-corrected chi connectivity index (χ1v) is 8.95. The van der Waals surface area contributed by atoms with Crippen LogP contribution < -0.4 is 5.32 Å². The molecule has 0 spiro atoms. The molecule has 0 bridgehead atoms. The topological polar surface area (TPSA) is 46.2 Å². The smallest absolute Gasteiger partial charge is 0.151 e. The van der Waals surface area contributed by atoms with Crippen molar-refractivity contribution in [3.05, 3.63) is 0 Å². The van der Waals surface area contributed by atoms with E-state index in [0.29, 0.717) is 18.5 Å². The molecule has 2 rings (SSSR count). The third-order valence-corrected chi connectivity index (χ3v) is 5.81. The number of hydrogen-bond donors (Lipinski definition) is 1. The van der Waals surface area contributed by atoms with Crippen molar-refractivity contribution >= 4 is 9.84 Å². The van der Waals surface area contributed by atoms with Crippen LogP contribution in [0.25, 0.3) is 0 Å². The van der Waals surface area contributed by atoms with Gasteiger partial charge in [0.2, 0.25) is 0 Å². The average molecular weight is 259 g/mol. The van der Waals surface area contributed by atoms with Crippen LogP contribution in [0.4, 0.5) is 0 Å². The minimum Gasteiger partial charge on any atom is -0.313 e. The summed E-state index contributed by atoms with van der Waals surface area (Å²) in [6, 6.07) is 0.602. The van der Waals surface area contributed by atoms with Crippen molar-refractivity contribution in [3.8, 4) is 0 Å². The molecule has 0 amide bonds. The van der Waals surface area contributed by atoms with Crippen LogP contribution in [0.1, 0.15) is 51.4 Å². The second-order valence-electron chi connectivity index (χ2n) is 5.80. The second-order valence-corrected chi connectivity index (χ2v) is 8.07. The van der Waals surface area contributed by atoms with Gasteiger partial charge in [-0.25, -0.2) is 8.42 Å². The first-order valence-electron chi connectivity index (χ1n) is 6.99. The number of nitrogens with one attached hydrogen (secondary N) is 1. The highest BCUT2D eigenvalue weighted by molar-refractivity contribution is 7.91. The molecule has 0 aromatic carbocycles. The highest BCUT2D eigenvalue weighted by atomic mass is 32.2. The van der Waals surface area contributed by atoms with Crippen LogP contribution in [0.5, 0.6) is 0 Å². The molecule has 0 radical (unpaired) electrons. The van der Waals surface area contributed by atoms with Crippen LogP contribution in [-0.4, -0.2) is 32.5 Å². The summed E-state index contributed by atoms with van der Waals surface area (Å²) in [6.07, 6.45) is 11.0. The van der Waals surface area contributed by atoms with E-state index >= 15 is 0 Å². The average Bonchev–Trinajstić information content (AvgIpc) is 3.02. The van der Waals surface area contributed by atoms with Gasteiger partial charge in [-0.3, -0.25) is 0 Å². The minimum atomic E-state index is -2.91. The van der Waals surface area contributed by atoms with Crippen LogP contribution in [-0.2, 0) is 9.84 Å². The molecule has 0 aromatic heterocycles. The summed E-state index contributed by atoms with van der Waals surface area (Å²) in [4.78, 5) is 0. The molecule has 17 heavy (non-hydrogen) atoms. The lowest BCUT2D eigenvalue weighted by atomic mass is 9.96. The number of hydrogen-bond acceptors (Lipinski definition) is 3. The Morgan fingerprint density at radius 2 is 1.65 bits per heavy atom. The van der Waals surface area contributed by atoms with Crippen molar-refractivity contribution in [2.24, 2.45) is 5.92 Å². The number of sulfone groups is 1. The van der Waals surface area contributed by atoms with Crippen LogP contribution in [0, 0.1) is 5.92 Å². The van der Waals surface area contributed by atoms with E-state index in [4.69, 9.17) is 0 Å². The van der Waals surface area contributed by atoms with Gasteiger partial charge in [-0.15, -0.1) is 0 Å². The van der Waals surface area contributed by atoms with Gasteiger partial charge in [-0.05, 0) is 31.6 Å². The second kappa shape index (κ2) is 5.70. The fourth-order valence-electron chi connectivity index (χ4n) is 2.92. The van der Waals surface area contributed by atoms with Crippen LogP contribution in [0.2, 0.25) is 0 Å². The Labute approximate surface area is 105 Å². The molecule has 100 valence electrons. The molecule has 2 saturated carbocycles. The molecule has 0 saturated heterocycles.